The van der Waals surface area contributed by atoms with Crippen LogP contribution in [0.5, 0.6) is 5.75 Å². The number of rotatable bonds is 8. The van der Waals surface area contributed by atoms with Gasteiger partial charge in [-0.25, -0.2) is 0 Å². The molecule has 2 rings (SSSR count). The van der Waals surface area contributed by atoms with E-state index in [0.29, 0.717) is 22.2 Å². The first kappa shape index (κ1) is 25.0. The highest BCUT2D eigenvalue weighted by atomic mass is 35.5. The van der Waals surface area contributed by atoms with Gasteiger partial charge in [0.05, 0.1) is 10.0 Å². The van der Waals surface area contributed by atoms with Crippen LogP contribution in [-0.4, -0.2) is 36.4 Å². The summed E-state index contributed by atoms with van der Waals surface area (Å²) in [6.07, 6.45) is 0.465. The van der Waals surface area contributed by atoms with Gasteiger partial charge in [0, 0.05) is 13.6 Å². The summed E-state index contributed by atoms with van der Waals surface area (Å²) in [6.45, 7) is 8.31. The van der Waals surface area contributed by atoms with Gasteiger partial charge in [-0.2, -0.15) is 0 Å². The van der Waals surface area contributed by atoms with E-state index < -0.39 is 6.04 Å². The number of halogens is 2. The topological polar surface area (TPSA) is 58.6 Å². The Labute approximate surface area is 194 Å². The average Bonchev–Trinajstić information content (AvgIpc) is 2.73. The molecule has 0 aliphatic heterocycles. The van der Waals surface area contributed by atoms with Crippen molar-refractivity contribution in [1.29, 1.82) is 0 Å². The van der Waals surface area contributed by atoms with Gasteiger partial charge in [-0.15, -0.1) is 0 Å². The highest BCUT2D eigenvalue weighted by Crippen LogP contribution is 2.25. The largest absolute Gasteiger partial charge is 0.484 e. The molecule has 0 saturated heterocycles. The van der Waals surface area contributed by atoms with Gasteiger partial charge in [0.15, 0.2) is 6.61 Å². The molecular weight excluding hydrogens is 435 g/mol. The van der Waals surface area contributed by atoms with Gasteiger partial charge in [0.1, 0.15) is 11.8 Å². The maximum Gasteiger partial charge on any atom is 0.261 e. The fourth-order valence-corrected chi connectivity index (χ4v) is 3.52. The zero-order valence-corrected chi connectivity index (χ0v) is 20.2. The van der Waals surface area contributed by atoms with Crippen LogP contribution < -0.4 is 10.1 Å². The zero-order valence-electron chi connectivity index (χ0n) is 18.7. The van der Waals surface area contributed by atoms with Gasteiger partial charge in [-0.05, 0) is 47.2 Å². The molecule has 0 aliphatic carbocycles. The number of nitrogens with one attached hydrogen (secondary N) is 1. The third-order valence-corrected chi connectivity index (χ3v) is 5.79. The number of ether oxygens (including phenoxy) is 1. The Bertz CT molecular complexity index is 908. The van der Waals surface area contributed by atoms with Gasteiger partial charge in [0.25, 0.3) is 5.91 Å². The van der Waals surface area contributed by atoms with Crippen molar-refractivity contribution in [3.05, 3.63) is 63.6 Å². The van der Waals surface area contributed by atoms with Crippen molar-refractivity contribution < 1.29 is 14.3 Å². The van der Waals surface area contributed by atoms with Crippen LogP contribution >= 0.6 is 23.2 Å². The minimum absolute atomic E-state index is 0.0346. The first-order valence-electron chi connectivity index (χ1n) is 10.2. The lowest BCUT2D eigenvalue weighted by Crippen LogP contribution is -2.49. The predicted molar refractivity (Wildman–Crippen MR) is 126 cm³/mol. The van der Waals surface area contributed by atoms with Gasteiger partial charge < -0.3 is 15.0 Å². The monoisotopic (exact) mass is 464 g/mol. The van der Waals surface area contributed by atoms with Crippen LogP contribution in [0.4, 0.5) is 0 Å². The molecule has 0 heterocycles. The van der Waals surface area contributed by atoms with E-state index in [1.54, 1.807) is 25.2 Å². The minimum atomic E-state index is -0.626. The summed E-state index contributed by atoms with van der Waals surface area (Å²) in [5.41, 5.74) is 1.99. The summed E-state index contributed by atoms with van der Waals surface area (Å²) < 4.78 is 5.73. The quantitative estimate of drug-likeness (QED) is 0.582. The van der Waals surface area contributed by atoms with Gasteiger partial charge >= 0.3 is 0 Å². The molecule has 168 valence electrons. The maximum atomic E-state index is 13.1. The SMILES string of the molecule is CCC(C(=O)NC)N(Cc1ccc(Cl)c(Cl)c1)C(=O)COc1ccc(C(C)(C)C)cc1. The first-order chi connectivity index (χ1) is 14.6. The number of likely N-dealkylation sites (N-methyl/N-ethyl adjacent to an activating group) is 1. The molecule has 0 aliphatic rings. The van der Waals surface area contributed by atoms with E-state index in [2.05, 4.69) is 26.1 Å². The lowest BCUT2D eigenvalue weighted by atomic mass is 9.87. The number of amides is 2. The molecule has 1 N–H and O–H groups in total. The normalized spacial score (nSPS) is 12.2. The Kier molecular flexibility index (Phi) is 8.78. The number of carbonyl (C=O) groups excluding carboxylic acids is 2. The Balaban J connectivity index is 2.18. The summed E-state index contributed by atoms with van der Waals surface area (Å²) in [6, 6.07) is 12.2. The third-order valence-electron chi connectivity index (χ3n) is 5.05. The van der Waals surface area contributed by atoms with Crippen molar-refractivity contribution in [1.82, 2.24) is 10.2 Å². The van der Waals surface area contributed by atoms with Crippen molar-refractivity contribution in [2.24, 2.45) is 0 Å². The van der Waals surface area contributed by atoms with Gasteiger partial charge in [-0.1, -0.05) is 69.1 Å². The van der Waals surface area contributed by atoms with E-state index in [4.69, 9.17) is 27.9 Å². The molecule has 0 saturated carbocycles. The van der Waals surface area contributed by atoms with Crippen LogP contribution in [0.15, 0.2) is 42.5 Å². The van der Waals surface area contributed by atoms with Gasteiger partial charge in [-0.3, -0.25) is 9.59 Å². The lowest BCUT2D eigenvalue weighted by Gasteiger charge is -2.30. The van der Waals surface area contributed by atoms with Crippen molar-refractivity contribution in [2.45, 2.75) is 52.1 Å². The molecule has 0 fully saturated rings. The number of hydrogen-bond acceptors (Lipinski definition) is 3. The average molecular weight is 465 g/mol. The number of carbonyl (C=O) groups is 2. The molecule has 2 amide bonds. The molecule has 1 atom stereocenters. The van der Waals surface area contributed by atoms with Gasteiger partial charge in [0.2, 0.25) is 5.91 Å². The molecule has 1 unspecified atom stereocenters. The van der Waals surface area contributed by atoms with Crippen LogP contribution in [0.25, 0.3) is 0 Å². The van der Waals surface area contributed by atoms with E-state index >= 15 is 0 Å². The third kappa shape index (κ3) is 6.88. The van der Waals surface area contributed by atoms with E-state index in [1.165, 1.54) is 10.5 Å². The Hall–Kier alpha value is -2.24. The minimum Gasteiger partial charge on any atom is -0.484 e. The van der Waals surface area contributed by atoms with Crippen molar-refractivity contribution >= 4 is 35.0 Å². The second kappa shape index (κ2) is 10.9. The Morgan fingerprint density at radius 1 is 1.06 bits per heavy atom. The molecule has 5 nitrogen and oxygen atoms in total. The fourth-order valence-electron chi connectivity index (χ4n) is 3.20. The lowest BCUT2D eigenvalue weighted by molar-refractivity contribution is -0.142. The van der Waals surface area contributed by atoms with Crippen molar-refractivity contribution in [3.63, 3.8) is 0 Å². The van der Waals surface area contributed by atoms with Crippen molar-refractivity contribution in [3.8, 4) is 5.75 Å². The van der Waals surface area contributed by atoms with E-state index in [9.17, 15) is 9.59 Å². The number of nitrogens with zero attached hydrogens (tertiary/aromatic N) is 1. The molecule has 31 heavy (non-hydrogen) atoms. The maximum absolute atomic E-state index is 13.1. The van der Waals surface area contributed by atoms with Crippen LogP contribution in [0, 0.1) is 0 Å². The molecule has 2 aromatic carbocycles. The molecule has 0 spiro atoms. The highest BCUT2D eigenvalue weighted by molar-refractivity contribution is 6.42. The van der Waals surface area contributed by atoms with Crippen LogP contribution in [0.2, 0.25) is 10.0 Å². The summed E-state index contributed by atoms with van der Waals surface area (Å²) in [5, 5.41) is 3.46. The molecule has 7 heteroatoms. The fraction of sp³-hybridized carbons (Fsp3) is 0.417. The van der Waals surface area contributed by atoms with Crippen LogP contribution in [0.1, 0.15) is 45.2 Å². The Morgan fingerprint density at radius 3 is 2.23 bits per heavy atom. The second-order valence-electron chi connectivity index (χ2n) is 8.37. The summed E-state index contributed by atoms with van der Waals surface area (Å²) in [7, 11) is 1.56. The smallest absolute Gasteiger partial charge is 0.261 e. The molecule has 0 aromatic heterocycles. The molecular formula is C24H30Cl2N2O3. The van der Waals surface area contributed by atoms with Crippen molar-refractivity contribution in [2.75, 3.05) is 13.7 Å². The summed E-state index contributed by atoms with van der Waals surface area (Å²) >= 11 is 12.1. The zero-order chi connectivity index (χ0) is 23.2. The molecule has 2 aromatic rings. The van der Waals surface area contributed by atoms with E-state index in [0.717, 1.165) is 5.56 Å². The van der Waals surface area contributed by atoms with Crippen LogP contribution in [-0.2, 0) is 21.5 Å². The summed E-state index contributed by atoms with van der Waals surface area (Å²) in [5.74, 6) is 0.0793. The van der Waals surface area contributed by atoms with Crippen LogP contribution in [0.3, 0.4) is 0 Å². The van der Waals surface area contributed by atoms with E-state index in [-0.39, 0.29) is 30.4 Å². The van der Waals surface area contributed by atoms with E-state index in [1.807, 2.05) is 31.2 Å². The standard InChI is InChI=1S/C24H30Cl2N2O3/c1-6-21(23(30)27-5)28(14-16-7-12-19(25)20(26)13-16)22(29)15-31-18-10-8-17(9-11-18)24(2,3)4/h7-13,21H,6,14-15H2,1-5H3,(H,27,30). The second-order valence-corrected chi connectivity index (χ2v) is 9.19. The summed E-state index contributed by atoms with van der Waals surface area (Å²) in [4.78, 5) is 27.0. The molecule has 0 radical (unpaired) electrons. The highest BCUT2D eigenvalue weighted by Gasteiger charge is 2.28. The number of benzene rings is 2. The Morgan fingerprint density at radius 2 is 1.71 bits per heavy atom. The first-order valence-corrected chi connectivity index (χ1v) is 11.0. The number of hydrogen-bond donors (Lipinski definition) is 1. The predicted octanol–water partition coefficient (Wildman–Crippen LogP) is 5.22. The molecule has 0 bridgehead atoms.